The van der Waals surface area contributed by atoms with E-state index < -0.39 is 9.84 Å². The highest BCUT2D eigenvalue weighted by Crippen LogP contribution is 2.22. The molecule has 4 nitrogen and oxygen atoms in total. The molecule has 2 aromatic carbocycles. The second kappa shape index (κ2) is 6.74. The van der Waals surface area contributed by atoms with Gasteiger partial charge >= 0.3 is 0 Å². The van der Waals surface area contributed by atoms with Crippen LogP contribution in [0.2, 0.25) is 0 Å². The second-order valence-corrected chi connectivity index (χ2v) is 6.88. The van der Waals surface area contributed by atoms with E-state index in [4.69, 9.17) is 4.74 Å². The van der Waals surface area contributed by atoms with E-state index in [2.05, 4.69) is 5.32 Å². The summed E-state index contributed by atoms with van der Waals surface area (Å²) >= 11 is 0. The van der Waals surface area contributed by atoms with Crippen molar-refractivity contribution >= 4 is 15.5 Å². The number of methoxy groups -OCH3 is 1. The monoisotopic (exact) mass is 305 g/mol. The van der Waals surface area contributed by atoms with E-state index in [0.717, 1.165) is 11.3 Å². The van der Waals surface area contributed by atoms with Gasteiger partial charge in [-0.15, -0.1) is 0 Å². The van der Waals surface area contributed by atoms with Gasteiger partial charge in [0, 0.05) is 19.1 Å². The molecule has 0 bridgehead atoms. The summed E-state index contributed by atoms with van der Waals surface area (Å²) in [6.45, 7) is 0.493. The molecule has 1 unspecified atom stereocenters. The topological polar surface area (TPSA) is 55.4 Å². The number of hydrogen-bond donors (Lipinski definition) is 1. The lowest BCUT2D eigenvalue weighted by Crippen LogP contribution is -2.16. The standard InChI is InChI=1S/C16H19NO3S/c1-20-12-16(13-7-4-3-5-8-13)17-14-9-6-10-15(11-14)21(2,18)19/h3-11,16-17H,12H2,1-2H3. The van der Waals surface area contributed by atoms with Gasteiger partial charge in [-0.25, -0.2) is 8.42 Å². The summed E-state index contributed by atoms with van der Waals surface area (Å²) in [7, 11) is -1.57. The average Bonchev–Trinajstić information content (AvgIpc) is 2.47. The van der Waals surface area contributed by atoms with Gasteiger partial charge in [0.1, 0.15) is 0 Å². The molecule has 1 atom stereocenters. The van der Waals surface area contributed by atoms with Crippen molar-refractivity contribution in [1.82, 2.24) is 0 Å². The van der Waals surface area contributed by atoms with Gasteiger partial charge < -0.3 is 10.1 Å². The fourth-order valence-corrected chi connectivity index (χ4v) is 2.76. The fraction of sp³-hybridized carbons (Fsp3) is 0.250. The highest BCUT2D eigenvalue weighted by molar-refractivity contribution is 7.90. The Morgan fingerprint density at radius 1 is 1.10 bits per heavy atom. The van der Waals surface area contributed by atoms with Crippen LogP contribution in [0.1, 0.15) is 11.6 Å². The van der Waals surface area contributed by atoms with Gasteiger partial charge in [-0.05, 0) is 23.8 Å². The highest BCUT2D eigenvalue weighted by Gasteiger charge is 2.12. The Morgan fingerprint density at radius 3 is 2.43 bits per heavy atom. The lowest BCUT2D eigenvalue weighted by Gasteiger charge is -2.20. The van der Waals surface area contributed by atoms with Crippen LogP contribution in [0.25, 0.3) is 0 Å². The quantitative estimate of drug-likeness (QED) is 0.891. The molecule has 112 valence electrons. The van der Waals surface area contributed by atoms with Crippen molar-refractivity contribution in [2.45, 2.75) is 10.9 Å². The first kappa shape index (κ1) is 15.5. The minimum Gasteiger partial charge on any atom is -0.382 e. The van der Waals surface area contributed by atoms with Crippen molar-refractivity contribution in [2.24, 2.45) is 0 Å². The molecule has 0 aromatic heterocycles. The van der Waals surface area contributed by atoms with Crippen LogP contribution in [0, 0.1) is 0 Å². The normalized spacial score (nSPS) is 12.9. The van der Waals surface area contributed by atoms with Crippen LogP contribution < -0.4 is 5.32 Å². The summed E-state index contributed by atoms with van der Waals surface area (Å²) in [6, 6.07) is 16.7. The molecule has 0 spiro atoms. The first-order chi connectivity index (χ1) is 10.0. The smallest absolute Gasteiger partial charge is 0.175 e. The summed E-state index contributed by atoms with van der Waals surface area (Å²) < 4.78 is 28.5. The number of anilines is 1. The van der Waals surface area contributed by atoms with Crippen LogP contribution in [-0.4, -0.2) is 28.4 Å². The van der Waals surface area contributed by atoms with Crippen LogP contribution in [0.5, 0.6) is 0 Å². The number of ether oxygens (including phenoxy) is 1. The maximum atomic E-state index is 11.6. The molecule has 2 rings (SSSR count). The molecular formula is C16H19NO3S. The van der Waals surface area contributed by atoms with Crippen LogP contribution >= 0.6 is 0 Å². The average molecular weight is 305 g/mol. The summed E-state index contributed by atoms with van der Waals surface area (Å²) in [6.07, 6.45) is 1.20. The Bertz CT molecular complexity index is 684. The summed E-state index contributed by atoms with van der Waals surface area (Å²) in [4.78, 5) is 0.303. The fourth-order valence-electron chi connectivity index (χ4n) is 2.09. The van der Waals surface area contributed by atoms with Gasteiger partial charge in [0.25, 0.3) is 0 Å². The van der Waals surface area contributed by atoms with Gasteiger partial charge in [0.15, 0.2) is 9.84 Å². The number of rotatable bonds is 6. The van der Waals surface area contributed by atoms with Crippen LogP contribution in [0.15, 0.2) is 59.5 Å². The molecule has 0 saturated carbocycles. The Kier molecular flexibility index (Phi) is 4.98. The van der Waals surface area contributed by atoms with E-state index in [0.29, 0.717) is 11.5 Å². The van der Waals surface area contributed by atoms with Crippen molar-refractivity contribution < 1.29 is 13.2 Å². The van der Waals surface area contributed by atoms with E-state index in [1.165, 1.54) is 6.26 Å². The molecule has 0 heterocycles. The Hall–Kier alpha value is -1.85. The Labute approximate surface area is 125 Å². The third kappa shape index (κ3) is 4.31. The summed E-state index contributed by atoms with van der Waals surface area (Å²) in [5, 5.41) is 3.32. The van der Waals surface area contributed by atoms with E-state index in [-0.39, 0.29) is 6.04 Å². The molecule has 2 aromatic rings. The van der Waals surface area contributed by atoms with Gasteiger partial charge in [0.2, 0.25) is 0 Å². The molecule has 0 amide bonds. The molecule has 0 aliphatic rings. The van der Waals surface area contributed by atoms with Crippen molar-refractivity contribution in [2.75, 3.05) is 25.3 Å². The minimum absolute atomic E-state index is 0.0361. The third-order valence-electron chi connectivity index (χ3n) is 3.14. The van der Waals surface area contributed by atoms with Gasteiger partial charge in [0.05, 0.1) is 17.5 Å². The minimum atomic E-state index is -3.21. The van der Waals surface area contributed by atoms with E-state index in [1.807, 2.05) is 36.4 Å². The van der Waals surface area contributed by atoms with Gasteiger partial charge in [-0.2, -0.15) is 0 Å². The third-order valence-corrected chi connectivity index (χ3v) is 4.25. The molecule has 0 aliphatic heterocycles. The van der Waals surface area contributed by atoms with Crippen LogP contribution in [0.4, 0.5) is 5.69 Å². The van der Waals surface area contributed by atoms with Crippen LogP contribution in [0.3, 0.4) is 0 Å². The number of benzene rings is 2. The highest BCUT2D eigenvalue weighted by atomic mass is 32.2. The summed E-state index contributed by atoms with van der Waals surface area (Å²) in [5.74, 6) is 0. The molecule has 0 saturated heterocycles. The Morgan fingerprint density at radius 2 is 1.81 bits per heavy atom. The molecule has 0 radical (unpaired) electrons. The Balaban J connectivity index is 2.26. The van der Waals surface area contributed by atoms with E-state index in [9.17, 15) is 8.42 Å². The first-order valence-corrected chi connectivity index (χ1v) is 8.50. The zero-order chi connectivity index (χ0) is 15.3. The van der Waals surface area contributed by atoms with Crippen LogP contribution in [-0.2, 0) is 14.6 Å². The molecule has 1 N–H and O–H groups in total. The second-order valence-electron chi connectivity index (χ2n) is 4.86. The maximum Gasteiger partial charge on any atom is 0.175 e. The zero-order valence-electron chi connectivity index (χ0n) is 12.1. The molecule has 21 heavy (non-hydrogen) atoms. The molecule has 0 fully saturated rings. The molecule has 0 aliphatic carbocycles. The van der Waals surface area contributed by atoms with Crippen molar-refractivity contribution in [3.63, 3.8) is 0 Å². The molecular weight excluding hydrogens is 286 g/mol. The lowest BCUT2D eigenvalue weighted by atomic mass is 10.1. The maximum absolute atomic E-state index is 11.6. The van der Waals surface area contributed by atoms with Crippen molar-refractivity contribution in [1.29, 1.82) is 0 Å². The van der Waals surface area contributed by atoms with Gasteiger partial charge in [-0.3, -0.25) is 0 Å². The number of sulfone groups is 1. The summed E-state index contributed by atoms with van der Waals surface area (Å²) in [5.41, 5.74) is 1.84. The number of nitrogens with one attached hydrogen (secondary N) is 1. The largest absolute Gasteiger partial charge is 0.382 e. The predicted molar refractivity (Wildman–Crippen MR) is 84.2 cm³/mol. The van der Waals surface area contributed by atoms with Gasteiger partial charge in [-0.1, -0.05) is 36.4 Å². The number of hydrogen-bond acceptors (Lipinski definition) is 4. The first-order valence-electron chi connectivity index (χ1n) is 6.61. The van der Waals surface area contributed by atoms with E-state index in [1.54, 1.807) is 25.3 Å². The zero-order valence-corrected chi connectivity index (χ0v) is 12.9. The molecule has 5 heteroatoms. The lowest BCUT2D eigenvalue weighted by molar-refractivity contribution is 0.186. The predicted octanol–water partition coefficient (Wildman–Crippen LogP) is 2.89. The van der Waals surface area contributed by atoms with Crippen molar-refractivity contribution in [3.8, 4) is 0 Å². The van der Waals surface area contributed by atoms with Crippen molar-refractivity contribution in [3.05, 3.63) is 60.2 Å². The SMILES string of the molecule is COCC(Nc1cccc(S(C)(=O)=O)c1)c1ccccc1. The van der Waals surface area contributed by atoms with E-state index >= 15 is 0 Å².